The number of aryl methyl sites for hydroxylation is 1. The molecule has 5 nitrogen and oxygen atoms in total. The molecule has 0 bridgehead atoms. The molecule has 0 fully saturated rings. The Morgan fingerprint density at radius 1 is 1.35 bits per heavy atom. The van der Waals surface area contributed by atoms with E-state index in [1.54, 1.807) is 24.4 Å². The molecule has 2 aromatic rings. The van der Waals surface area contributed by atoms with Gasteiger partial charge < -0.3 is 11.1 Å². The minimum Gasteiger partial charge on any atom is -0.399 e. The van der Waals surface area contributed by atoms with E-state index in [0.717, 1.165) is 5.56 Å². The number of nitrogens with zero attached hydrogens (tertiary/aromatic N) is 2. The summed E-state index contributed by atoms with van der Waals surface area (Å²) in [5.41, 5.74) is 7.77. The lowest BCUT2D eigenvalue weighted by atomic mass is 10.1. The van der Waals surface area contributed by atoms with Crippen LogP contribution >= 0.6 is 0 Å². The highest BCUT2D eigenvalue weighted by Crippen LogP contribution is 2.13. The van der Waals surface area contributed by atoms with Crippen LogP contribution in [0.3, 0.4) is 0 Å². The van der Waals surface area contributed by atoms with E-state index in [1.165, 1.54) is 12.4 Å². The third-order valence-electron chi connectivity index (χ3n) is 2.34. The zero-order valence-electron chi connectivity index (χ0n) is 9.34. The molecule has 0 saturated heterocycles. The number of amides is 1. The molecule has 1 amide bonds. The molecule has 0 aliphatic heterocycles. The topological polar surface area (TPSA) is 80.9 Å². The summed E-state index contributed by atoms with van der Waals surface area (Å²) < 4.78 is 0. The van der Waals surface area contributed by atoms with E-state index in [-0.39, 0.29) is 5.91 Å². The molecular formula is C12H12N4O. The summed E-state index contributed by atoms with van der Waals surface area (Å²) in [6.45, 7) is 1.86. The van der Waals surface area contributed by atoms with Gasteiger partial charge in [-0.25, -0.2) is 4.98 Å². The predicted octanol–water partition coefficient (Wildman–Crippen LogP) is 1.62. The summed E-state index contributed by atoms with van der Waals surface area (Å²) in [7, 11) is 0. The first-order valence-electron chi connectivity index (χ1n) is 5.10. The van der Waals surface area contributed by atoms with Gasteiger partial charge in [-0.1, -0.05) is 0 Å². The van der Waals surface area contributed by atoms with Gasteiger partial charge in [0.15, 0.2) is 5.82 Å². The van der Waals surface area contributed by atoms with Crippen LogP contribution in [0, 0.1) is 6.92 Å². The third kappa shape index (κ3) is 2.57. The second-order valence-electron chi connectivity index (χ2n) is 3.62. The van der Waals surface area contributed by atoms with Crippen molar-refractivity contribution in [2.45, 2.75) is 6.92 Å². The standard InChI is InChI=1S/C12H12N4O/c1-8-6-9(2-3-10(8)13)12(17)16-11-7-14-4-5-15-11/h2-7H,13H2,1H3,(H,15,16,17). The zero-order chi connectivity index (χ0) is 12.3. The first-order valence-corrected chi connectivity index (χ1v) is 5.10. The summed E-state index contributed by atoms with van der Waals surface area (Å²) in [4.78, 5) is 19.7. The fourth-order valence-corrected chi connectivity index (χ4v) is 1.37. The SMILES string of the molecule is Cc1cc(C(=O)Nc2cnccn2)ccc1N. The number of nitrogens with two attached hydrogens (primary N) is 1. The minimum absolute atomic E-state index is 0.228. The summed E-state index contributed by atoms with van der Waals surface area (Å²) >= 11 is 0. The van der Waals surface area contributed by atoms with Gasteiger partial charge in [-0.15, -0.1) is 0 Å². The first-order chi connectivity index (χ1) is 8.16. The Hall–Kier alpha value is -2.43. The molecule has 0 atom stereocenters. The Morgan fingerprint density at radius 2 is 2.18 bits per heavy atom. The largest absolute Gasteiger partial charge is 0.399 e. The highest BCUT2D eigenvalue weighted by atomic mass is 16.1. The molecule has 0 spiro atoms. The van der Waals surface area contributed by atoms with Crippen LogP contribution in [0.5, 0.6) is 0 Å². The van der Waals surface area contributed by atoms with Gasteiger partial charge >= 0.3 is 0 Å². The van der Waals surface area contributed by atoms with E-state index in [2.05, 4.69) is 15.3 Å². The molecule has 86 valence electrons. The number of nitrogens with one attached hydrogen (secondary N) is 1. The van der Waals surface area contributed by atoms with Crippen LogP contribution in [0.1, 0.15) is 15.9 Å². The molecule has 17 heavy (non-hydrogen) atoms. The van der Waals surface area contributed by atoms with E-state index < -0.39 is 0 Å². The van der Waals surface area contributed by atoms with Gasteiger partial charge in [0.25, 0.3) is 5.91 Å². The molecule has 0 saturated carbocycles. The van der Waals surface area contributed by atoms with Gasteiger partial charge in [0, 0.05) is 23.6 Å². The van der Waals surface area contributed by atoms with Crippen molar-refractivity contribution >= 4 is 17.4 Å². The summed E-state index contributed by atoms with van der Waals surface area (Å²) in [6, 6.07) is 5.12. The molecular weight excluding hydrogens is 216 g/mol. The van der Waals surface area contributed by atoms with Crippen molar-refractivity contribution in [2.75, 3.05) is 11.1 Å². The van der Waals surface area contributed by atoms with E-state index >= 15 is 0 Å². The van der Waals surface area contributed by atoms with Crippen molar-refractivity contribution in [3.63, 3.8) is 0 Å². The molecule has 2 rings (SSSR count). The lowest BCUT2D eigenvalue weighted by Gasteiger charge is -2.05. The number of hydrogen-bond acceptors (Lipinski definition) is 4. The smallest absolute Gasteiger partial charge is 0.256 e. The van der Waals surface area contributed by atoms with Gasteiger partial charge in [0.1, 0.15) is 0 Å². The second kappa shape index (κ2) is 4.61. The maximum absolute atomic E-state index is 11.9. The number of aromatic nitrogens is 2. The molecule has 5 heteroatoms. The van der Waals surface area contributed by atoms with E-state index in [4.69, 9.17) is 5.73 Å². The van der Waals surface area contributed by atoms with E-state index in [1.807, 2.05) is 6.92 Å². The number of rotatable bonds is 2. The quantitative estimate of drug-likeness (QED) is 0.765. The number of carbonyl (C=O) groups excluding carboxylic acids is 1. The van der Waals surface area contributed by atoms with Crippen LogP contribution < -0.4 is 11.1 Å². The number of carbonyl (C=O) groups is 1. The van der Waals surface area contributed by atoms with Crippen molar-refractivity contribution < 1.29 is 4.79 Å². The predicted molar refractivity (Wildman–Crippen MR) is 65.6 cm³/mol. The van der Waals surface area contributed by atoms with Crippen molar-refractivity contribution in [1.82, 2.24) is 9.97 Å². The minimum atomic E-state index is -0.228. The average Bonchev–Trinajstić information content (AvgIpc) is 2.34. The molecule has 3 N–H and O–H groups in total. The molecule has 1 aromatic heterocycles. The Balaban J connectivity index is 2.18. The van der Waals surface area contributed by atoms with Gasteiger partial charge in [0.05, 0.1) is 6.20 Å². The van der Waals surface area contributed by atoms with Crippen LogP contribution in [0.15, 0.2) is 36.8 Å². The van der Waals surface area contributed by atoms with Gasteiger partial charge in [0.2, 0.25) is 0 Å². The number of nitrogen functional groups attached to an aromatic ring is 1. The lowest BCUT2D eigenvalue weighted by Crippen LogP contribution is -2.13. The molecule has 1 aromatic carbocycles. The normalized spacial score (nSPS) is 9.94. The molecule has 1 heterocycles. The number of hydrogen-bond donors (Lipinski definition) is 2. The Kier molecular flexibility index (Phi) is 3.00. The monoisotopic (exact) mass is 228 g/mol. The fraction of sp³-hybridized carbons (Fsp3) is 0.0833. The van der Waals surface area contributed by atoms with Gasteiger partial charge in [-0.3, -0.25) is 9.78 Å². The molecule has 0 aliphatic carbocycles. The number of anilines is 2. The highest BCUT2D eigenvalue weighted by molar-refractivity contribution is 6.04. The van der Waals surface area contributed by atoms with Crippen LogP contribution in [0.4, 0.5) is 11.5 Å². The molecule has 0 aliphatic rings. The van der Waals surface area contributed by atoms with Crippen LogP contribution in [-0.4, -0.2) is 15.9 Å². The maximum Gasteiger partial charge on any atom is 0.256 e. The van der Waals surface area contributed by atoms with Gasteiger partial charge in [-0.2, -0.15) is 0 Å². The lowest BCUT2D eigenvalue weighted by molar-refractivity contribution is 0.102. The molecule has 0 radical (unpaired) electrons. The fourth-order valence-electron chi connectivity index (χ4n) is 1.37. The number of benzene rings is 1. The summed E-state index contributed by atoms with van der Waals surface area (Å²) in [5, 5.41) is 2.65. The third-order valence-corrected chi connectivity index (χ3v) is 2.34. The Morgan fingerprint density at radius 3 is 2.82 bits per heavy atom. The van der Waals surface area contributed by atoms with E-state index in [9.17, 15) is 4.79 Å². The zero-order valence-corrected chi connectivity index (χ0v) is 9.34. The van der Waals surface area contributed by atoms with Crippen LogP contribution in [0.2, 0.25) is 0 Å². The Bertz CT molecular complexity index is 539. The summed E-state index contributed by atoms with van der Waals surface area (Å²) in [5.74, 6) is 0.195. The van der Waals surface area contributed by atoms with Crippen molar-refractivity contribution in [2.24, 2.45) is 0 Å². The summed E-state index contributed by atoms with van der Waals surface area (Å²) in [6.07, 6.45) is 4.55. The second-order valence-corrected chi connectivity index (χ2v) is 3.62. The van der Waals surface area contributed by atoms with Crippen molar-refractivity contribution in [3.05, 3.63) is 47.9 Å². The average molecular weight is 228 g/mol. The highest BCUT2D eigenvalue weighted by Gasteiger charge is 2.07. The van der Waals surface area contributed by atoms with Crippen molar-refractivity contribution in [1.29, 1.82) is 0 Å². The van der Waals surface area contributed by atoms with Gasteiger partial charge in [-0.05, 0) is 30.7 Å². The van der Waals surface area contributed by atoms with Crippen LogP contribution in [0.25, 0.3) is 0 Å². The first kappa shape index (κ1) is 11.1. The Labute approximate surface area is 98.7 Å². The maximum atomic E-state index is 11.9. The van der Waals surface area contributed by atoms with E-state index in [0.29, 0.717) is 17.1 Å². The van der Waals surface area contributed by atoms with Crippen LogP contribution in [-0.2, 0) is 0 Å². The van der Waals surface area contributed by atoms with Crippen molar-refractivity contribution in [3.8, 4) is 0 Å². The molecule has 0 unspecified atom stereocenters.